The number of benzene rings is 1. The van der Waals surface area contributed by atoms with E-state index >= 15 is 0 Å². The highest BCUT2D eigenvalue weighted by molar-refractivity contribution is 6.03. The fourth-order valence-corrected chi connectivity index (χ4v) is 2.94. The first kappa shape index (κ1) is 18.0. The van der Waals surface area contributed by atoms with E-state index < -0.39 is 0 Å². The van der Waals surface area contributed by atoms with Crippen LogP contribution in [0.15, 0.2) is 30.6 Å². The average Bonchev–Trinajstić information content (AvgIpc) is 2.68. The molecule has 1 amide bonds. The maximum absolute atomic E-state index is 12.5. The molecule has 0 spiro atoms. The van der Waals surface area contributed by atoms with Gasteiger partial charge in [-0.25, -0.2) is 9.97 Å². The summed E-state index contributed by atoms with van der Waals surface area (Å²) in [6.07, 6.45) is 5.47. The van der Waals surface area contributed by atoms with Crippen LogP contribution in [0.4, 0.5) is 11.5 Å². The van der Waals surface area contributed by atoms with Crippen LogP contribution in [0.5, 0.6) is 11.5 Å². The summed E-state index contributed by atoms with van der Waals surface area (Å²) in [4.78, 5) is 23.4. The van der Waals surface area contributed by atoms with E-state index in [2.05, 4.69) is 27.1 Å². The SMILES string of the molecule is COc1ccc(OC)c(NC(=O)c2cnc(N3CCC(C)CC3)cn2)c1. The average molecular weight is 356 g/mol. The molecule has 2 aromatic rings. The topological polar surface area (TPSA) is 76.6 Å². The van der Waals surface area contributed by atoms with Gasteiger partial charge in [-0.05, 0) is 30.9 Å². The molecule has 2 heterocycles. The normalized spacial score (nSPS) is 14.8. The van der Waals surface area contributed by atoms with Crippen LogP contribution in [0, 0.1) is 5.92 Å². The van der Waals surface area contributed by atoms with E-state index in [1.807, 2.05) is 0 Å². The lowest BCUT2D eigenvalue weighted by atomic mass is 9.99. The number of nitrogens with zero attached hydrogens (tertiary/aromatic N) is 3. The fraction of sp³-hybridized carbons (Fsp3) is 0.421. The Balaban J connectivity index is 1.70. The molecule has 26 heavy (non-hydrogen) atoms. The summed E-state index contributed by atoms with van der Waals surface area (Å²) in [6, 6.07) is 5.20. The van der Waals surface area contributed by atoms with Crippen LogP contribution in [-0.4, -0.2) is 43.2 Å². The van der Waals surface area contributed by atoms with Gasteiger partial charge in [-0.3, -0.25) is 4.79 Å². The molecule has 138 valence electrons. The third-order valence-electron chi connectivity index (χ3n) is 4.63. The molecule has 1 aromatic carbocycles. The standard InChI is InChI=1S/C19H24N4O3/c1-13-6-8-23(9-7-13)18-12-20-16(11-21-18)19(24)22-15-10-14(25-2)4-5-17(15)26-3/h4-5,10-13H,6-9H2,1-3H3,(H,22,24). The van der Waals surface area contributed by atoms with Crippen molar-refractivity contribution in [2.75, 3.05) is 37.5 Å². The second kappa shape index (κ2) is 8.03. The molecule has 7 heteroatoms. The van der Waals surface area contributed by atoms with Crippen molar-refractivity contribution in [3.63, 3.8) is 0 Å². The van der Waals surface area contributed by atoms with E-state index in [4.69, 9.17) is 9.47 Å². The zero-order valence-electron chi connectivity index (χ0n) is 15.4. The summed E-state index contributed by atoms with van der Waals surface area (Å²) in [7, 11) is 3.12. The van der Waals surface area contributed by atoms with Crippen molar-refractivity contribution >= 4 is 17.4 Å². The molecular weight excluding hydrogens is 332 g/mol. The fourth-order valence-electron chi connectivity index (χ4n) is 2.94. The number of ether oxygens (including phenoxy) is 2. The summed E-state index contributed by atoms with van der Waals surface area (Å²) in [6.45, 7) is 4.22. The van der Waals surface area contributed by atoms with Crippen LogP contribution >= 0.6 is 0 Å². The number of piperidine rings is 1. The largest absolute Gasteiger partial charge is 0.497 e. The number of anilines is 2. The van der Waals surface area contributed by atoms with Crippen molar-refractivity contribution in [3.8, 4) is 11.5 Å². The molecule has 0 atom stereocenters. The molecule has 1 N–H and O–H groups in total. The van der Waals surface area contributed by atoms with Gasteiger partial charge in [0, 0.05) is 19.2 Å². The van der Waals surface area contributed by atoms with Gasteiger partial charge >= 0.3 is 0 Å². The molecule has 1 saturated heterocycles. The van der Waals surface area contributed by atoms with E-state index in [1.54, 1.807) is 38.6 Å². The van der Waals surface area contributed by atoms with Crippen molar-refractivity contribution in [2.24, 2.45) is 5.92 Å². The van der Waals surface area contributed by atoms with Crippen LogP contribution in [0.25, 0.3) is 0 Å². The van der Waals surface area contributed by atoms with E-state index in [1.165, 1.54) is 6.20 Å². The third-order valence-corrected chi connectivity index (χ3v) is 4.63. The molecular formula is C19H24N4O3. The number of rotatable bonds is 5. The van der Waals surface area contributed by atoms with Crippen LogP contribution < -0.4 is 19.7 Å². The lowest BCUT2D eigenvalue weighted by Crippen LogP contribution is -2.33. The van der Waals surface area contributed by atoms with Gasteiger partial charge in [0.2, 0.25) is 0 Å². The molecule has 1 aromatic heterocycles. The Morgan fingerprint density at radius 1 is 1.15 bits per heavy atom. The van der Waals surface area contributed by atoms with E-state index in [9.17, 15) is 4.79 Å². The summed E-state index contributed by atoms with van der Waals surface area (Å²) >= 11 is 0. The molecule has 1 aliphatic heterocycles. The number of hydrogen-bond acceptors (Lipinski definition) is 6. The van der Waals surface area contributed by atoms with E-state index in [0.29, 0.717) is 17.2 Å². The number of nitrogens with one attached hydrogen (secondary N) is 1. The van der Waals surface area contributed by atoms with Gasteiger partial charge in [-0.15, -0.1) is 0 Å². The number of aromatic nitrogens is 2. The molecule has 0 aliphatic carbocycles. The van der Waals surface area contributed by atoms with Crippen molar-refractivity contribution in [3.05, 3.63) is 36.3 Å². The lowest BCUT2D eigenvalue weighted by molar-refractivity contribution is 0.102. The van der Waals surface area contributed by atoms with Gasteiger partial charge in [0.05, 0.1) is 32.3 Å². The lowest BCUT2D eigenvalue weighted by Gasteiger charge is -2.30. The molecule has 0 radical (unpaired) electrons. The van der Waals surface area contributed by atoms with Crippen LogP contribution in [0.3, 0.4) is 0 Å². The van der Waals surface area contributed by atoms with Gasteiger partial charge in [0.1, 0.15) is 23.0 Å². The quantitative estimate of drug-likeness (QED) is 0.887. The van der Waals surface area contributed by atoms with Crippen molar-refractivity contribution < 1.29 is 14.3 Å². The molecule has 0 unspecified atom stereocenters. The first-order valence-electron chi connectivity index (χ1n) is 8.71. The smallest absolute Gasteiger partial charge is 0.275 e. The van der Waals surface area contributed by atoms with Gasteiger partial charge < -0.3 is 19.7 Å². The zero-order chi connectivity index (χ0) is 18.5. The van der Waals surface area contributed by atoms with Crippen molar-refractivity contribution in [1.82, 2.24) is 9.97 Å². The minimum absolute atomic E-state index is 0.254. The second-order valence-corrected chi connectivity index (χ2v) is 6.45. The summed E-state index contributed by atoms with van der Waals surface area (Å²) in [5.74, 6) is 2.39. The monoisotopic (exact) mass is 356 g/mol. The highest BCUT2D eigenvalue weighted by atomic mass is 16.5. The van der Waals surface area contributed by atoms with E-state index in [0.717, 1.165) is 37.7 Å². The van der Waals surface area contributed by atoms with Crippen LogP contribution in [0.1, 0.15) is 30.3 Å². The Morgan fingerprint density at radius 3 is 2.54 bits per heavy atom. The summed E-state index contributed by atoms with van der Waals surface area (Å²) < 4.78 is 10.5. The van der Waals surface area contributed by atoms with Gasteiger partial charge in [0.15, 0.2) is 0 Å². The Kier molecular flexibility index (Phi) is 5.55. The molecule has 1 aliphatic rings. The predicted octanol–water partition coefficient (Wildman–Crippen LogP) is 2.98. The predicted molar refractivity (Wildman–Crippen MR) is 100 cm³/mol. The number of amides is 1. The van der Waals surface area contributed by atoms with Crippen LogP contribution in [0.2, 0.25) is 0 Å². The molecule has 0 saturated carbocycles. The first-order valence-corrected chi connectivity index (χ1v) is 8.71. The van der Waals surface area contributed by atoms with Gasteiger partial charge in [-0.1, -0.05) is 6.92 Å². The number of carbonyl (C=O) groups is 1. The van der Waals surface area contributed by atoms with Crippen molar-refractivity contribution in [1.29, 1.82) is 0 Å². The minimum Gasteiger partial charge on any atom is -0.497 e. The van der Waals surface area contributed by atoms with Crippen molar-refractivity contribution in [2.45, 2.75) is 19.8 Å². The number of methoxy groups -OCH3 is 2. The number of carbonyl (C=O) groups excluding carboxylic acids is 1. The molecule has 0 bridgehead atoms. The van der Waals surface area contributed by atoms with E-state index in [-0.39, 0.29) is 11.6 Å². The Morgan fingerprint density at radius 2 is 1.92 bits per heavy atom. The van der Waals surface area contributed by atoms with Crippen LogP contribution in [-0.2, 0) is 0 Å². The van der Waals surface area contributed by atoms with Gasteiger partial charge in [0.25, 0.3) is 5.91 Å². The maximum Gasteiger partial charge on any atom is 0.275 e. The zero-order valence-corrected chi connectivity index (χ0v) is 15.4. The number of hydrogen-bond donors (Lipinski definition) is 1. The minimum atomic E-state index is -0.345. The Hall–Kier alpha value is -2.83. The molecule has 1 fully saturated rings. The highest BCUT2D eigenvalue weighted by Crippen LogP contribution is 2.29. The Labute approximate surface area is 153 Å². The molecule has 3 rings (SSSR count). The summed E-state index contributed by atoms with van der Waals surface area (Å²) in [5, 5.41) is 2.80. The first-order chi connectivity index (χ1) is 12.6. The maximum atomic E-state index is 12.5. The highest BCUT2D eigenvalue weighted by Gasteiger charge is 2.18. The van der Waals surface area contributed by atoms with Gasteiger partial charge in [-0.2, -0.15) is 0 Å². The third kappa shape index (κ3) is 4.04. The molecule has 7 nitrogen and oxygen atoms in total. The second-order valence-electron chi connectivity index (χ2n) is 6.45. The Bertz CT molecular complexity index is 756. The summed E-state index contributed by atoms with van der Waals surface area (Å²) in [5.41, 5.74) is 0.775.